The quantitative estimate of drug-likeness (QED) is 0.0982. The van der Waals surface area contributed by atoms with Gasteiger partial charge in [0.1, 0.15) is 6.04 Å². The van der Waals surface area contributed by atoms with E-state index < -0.39 is 27.9 Å². The van der Waals surface area contributed by atoms with Crippen LogP contribution in [0.25, 0.3) is 0 Å². The van der Waals surface area contributed by atoms with Gasteiger partial charge in [-0.3, -0.25) is 19.9 Å². The third-order valence-electron chi connectivity index (χ3n) is 4.80. The van der Waals surface area contributed by atoms with Crippen LogP contribution in [0.5, 0.6) is 0 Å². The molecule has 194 valence electrons. The summed E-state index contributed by atoms with van der Waals surface area (Å²) in [5.41, 5.74) is 23.0. The van der Waals surface area contributed by atoms with Crippen molar-refractivity contribution in [2.45, 2.75) is 37.1 Å². The highest BCUT2D eigenvalue weighted by Crippen LogP contribution is 2.17. The van der Waals surface area contributed by atoms with E-state index in [2.05, 4.69) is 31.6 Å². The number of sulfonamides is 1. The summed E-state index contributed by atoms with van der Waals surface area (Å²) in [6, 6.07) is 5.04. The number of aliphatic imine (C=N–C) groups is 1. The minimum atomic E-state index is -3.95. The molecular weight excluding hydrogens is 510 g/mol. The normalized spacial score (nSPS) is 12.7. The number of aryl methyl sites for hydroxylation is 1. The number of nitrogen functional groups attached to an aromatic ring is 2. The first-order valence-corrected chi connectivity index (χ1v) is 12.4. The lowest BCUT2D eigenvalue weighted by Crippen LogP contribution is -2.44. The number of rotatable bonds is 11. The molecule has 0 aliphatic carbocycles. The smallest absolute Gasteiger partial charge is 0.280 e. The van der Waals surface area contributed by atoms with E-state index in [4.69, 9.17) is 34.5 Å². The maximum absolute atomic E-state index is 12.5. The van der Waals surface area contributed by atoms with Gasteiger partial charge >= 0.3 is 0 Å². The van der Waals surface area contributed by atoms with E-state index in [1.165, 1.54) is 19.1 Å². The third-order valence-corrected chi connectivity index (χ3v) is 6.52. The van der Waals surface area contributed by atoms with Crippen molar-refractivity contribution in [1.82, 2.24) is 20.0 Å². The van der Waals surface area contributed by atoms with E-state index in [0.717, 1.165) is 12.0 Å². The molecule has 0 saturated carbocycles. The number of benzene rings is 1. The molecule has 1 aromatic heterocycles. The Morgan fingerprint density at radius 2 is 1.75 bits per heavy atom. The first kappa shape index (κ1) is 28.5. The number of hydrogen-bond acceptors (Lipinski definition) is 9. The molecule has 0 unspecified atom stereocenters. The Morgan fingerprint density at radius 3 is 2.33 bits per heavy atom. The molecule has 2 amide bonds. The second kappa shape index (κ2) is 12.3. The van der Waals surface area contributed by atoms with Crippen molar-refractivity contribution in [1.29, 1.82) is 0 Å². The zero-order valence-corrected chi connectivity index (χ0v) is 21.1. The molecule has 1 atom stereocenters. The van der Waals surface area contributed by atoms with Crippen LogP contribution in [0.3, 0.4) is 0 Å². The SMILES string of the molecule is C=C(C)[C@H](NS(=O)(=O)c1ccc(CCCCN=C(N)NC(=O)c2nc(Cl)c(N)nc2N)cc1)C(N)=O. The molecule has 1 heterocycles. The fourth-order valence-corrected chi connectivity index (χ4v) is 4.31. The van der Waals surface area contributed by atoms with Crippen LogP contribution in [-0.2, 0) is 21.2 Å². The van der Waals surface area contributed by atoms with Crippen LogP contribution in [0.4, 0.5) is 11.6 Å². The van der Waals surface area contributed by atoms with E-state index in [1.807, 2.05) is 0 Å². The lowest BCUT2D eigenvalue weighted by molar-refractivity contribution is -0.118. The number of nitrogens with one attached hydrogen (secondary N) is 2. The van der Waals surface area contributed by atoms with E-state index in [-0.39, 0.29) is 38.9 Å². The summed E-state index contributed by atoms with van der Waals surface area (Å²) in [5.74, 6) is -1.98. The van der Waals surface area contributed by atoms with E-state index in [1.54, 1.807) is 12.1 Å². The van der Waals surface area contributed by atoms with Gasteiger partial charge in [0.25, 0.3) is 5.91 Å². The molecule has 0 saturated heterocycles. The molecule has 13 nitrogen and oxygen atoms in total. The molecule has 0 aliphatic heterocycles. The molecule has 2 aromatic rings. The highest BCUT2D eigenvalue weighted by Gasteiger charge is 2.24. The predicted octanol–water partition coefficient (Wildman–Crippen LogP) is 0.0701. The zero-order valence-electron chi connectivity index (χ0n) is 19.5. The van der Waals surface area contributed by atoms with E-state index >= 15 is 0 Å². The largest absolute Gasteiger partial charge is 0.382 e. The van der Waals surface area contributed by atoms with Crippen molar-refractivity contribution in [3.05, 3.63) is 52.8 Å². The molecule has 10 N–H and O–H groups in total. The van der Waals surface area contributed by atoms with Crippen molar-refractivity contribution >= 4 is 51.0 Å². The standard InChI is InChI=1S/C21H28ClN9O4S/c1-11(2)14(19(25)32)31-36(34,35)13-8-6-12(7-9-13)5-3-4-10-27-21(26)30-20(33)15-17(23)29-18(24)16(22)28-15/h6-9,14,31H,1,3-5,10H2,2H3,(H2,25,32)(H4,23,24,29)(H3,26,27,30,33)/t14-/m0/s1. The fourth-order valence-electron chi connectivity index (χ4n) is 2.92. The van der Waals surface area contributed by atoms with Crippen molar-refractivity contribution in [2.75, 3.05) is 18.0 Å². The Balaban J connectivity index is 1.85. The van der Waals surface area contributed by atoms with Gasteiger partial charge < -0.3 is 22.9 Å². The Kier molecular flexibility index (Phi) is 9.72. The van der Waals surface area contributed by atoms with E-state index in [0.29, 0.717) is 19.4 Å². The zero-order chi connectivity index (χ0) is 27.0. The van der Waals surface area contributed by atoms with Gasteiger partial charge in [0.15, 0.2) is 28.4 Å². The summed E-state index contributed by atoms with van der Waals surface area (Å²) < 4.78 is 27.2. The number of halogens is 1. The number of unbranched alkanes of at least 4 members (excludes halogenated alkanes) is 1. The van der Waals surface area contributed by atoms with Crippen molar-refractivity contribution < 1.29 is 18.0 Å². The summed E-state index contributed by atoms with van der Waals surface area (Å²) in [6.07, 6.45) is 2.02. The van der Waals surface area contributed by atoms with Crippen LogP contribution < -0.4 is 33.0 Å². The number of hydrogen-bond donors (Lipinski definition) is 6. The molecular formula is C21H28ClN9O4S. The van der Waals surface area contributed by atoms with Gasteiger partial charge in [0.2, 0.25) is 15.9 Å². The van der Waals surface area contributed by atoms with Crippen LogP contribution >= 0.6 is 11.6 Å². The molecule has 15 heteroatoms. The van der Waals surface area contributed by atoms with Crippen LogP contribution in [0.2, 0.25) is 5.15 Å². The van der Waals surface area contributed by atoms with Crippen LogP contribution in [0.15, 0.2) is 46.3 Å². The Bertz CT molecular complexity index is 1270. The molecule has 0 bridgehead atoms. The monoisotopic (exact) mass is 537 g/mol. The van der Waals surface area contributed by atoms with Crippen LogP contribution in [0, 0.1) is 0 Å². The molecule has 0 spiro atoms. The third kappa shape index (κ3) is 7.90. The maximum Gasteiger partial charge on any atom is 0.280 e. The summed E-state index contributed by atoms with van der Waals surface area (Å²) in [6.45, 7) is 5.42. The highest BCUT2D eigenvalue weighted by atomic mass is 35.5. The second-order valence-electron chi connectivity index (χ2n) is 7.76. The number of aromatic nitrogens is 2. The fraction of sp³-hybridized carbons (Fsp3) is 0.286. The number of carbonyl (C=O) groups is 2. The maximum atomic E-state index is 12.5. The van der Waals surface area contributed by atoms with Gasteiger partial charge in [0.05, 0.1) is 4.90 Å². The molecule has 2 rings (SSSR count). The topological polar surface area (TPSA) is 235 Å². The average Bonchev–Trinajstić information content (AvgIpc) is 2.79. The molecule has 1 aromatic carbocycles. The van der Waals surface area contributed by atoms with Crippen molar-refractivity contribution in [3.63, 3.8) is 0 Å². The highest BCUT2D eigenvalue weighted by molar-refractivity contribution is 7.89. The van der Waals surface area contributed by atoms with Crippen molar-refractivity contribution in [2.24, 2.45) is 16.5 Å². The van der Waals surface area contributed by atoms with Gasteiger partial charge in [-0.15, -0.1) is 0 Å². The number of guanidine groups is 1. The second-order valence-corrected chi connectivity index (χ2v) is 9.83. The van der Waals surface area contributed by atoms with Gasteiger partial charge in [-0.1, -0.05) is 35.9 Å². The molecule has 36 heavy (non-hydrogen) atoms. The number of anilines is 2. The molecule has 0 fully saturated rings. The van der Waals surface area contributed by atoms with Crippen molar-refractivity contribution in [3.8, 4) is 0 Å². The number of nitrogens with zero attached hydrogens (tertiary/aromatic N) is 3. The summed E-state index contributed by atoms with van der Waals surface area (Å²) in [5, 5.41) is 2.19. The number of nitrogens with two attached hydrogens (primary N) is 4. The number of amides is 2. The van der Waals surface area contributed by atoms with Crippen LogP contribution in [-0.4, -0.2) is 48.7 Å². The number of primary amides is 1. The van der Waals surface area contributed by atoms with Gasteiger partial charge in [-0.25, -0.2) is 18.4 Å². The summed E-state index contributed by atoms with van der Waals surface area (Å²) >= 11 is 5.76. The van der Waals surface area contributed by atoms with Crippen LogP contribution in [0.1, 0.15) is 35.8 Å². The minimum Gasteiger partial charge on any atom is -0.382 e. The first-order chi connectivity index (χ1) is 16.8. The first-order valence-electron chi connectivity index (χ1n) is 10.6. The summed E-state index contributed by atoms with van der Waals surface area (Å²) in [4.78, 5) is 35.2. The Morgan fingerprint density at radius 1 is 1.11 bits per heavy atom. The molecule has 0 radical (unpaired) electrons. The lowest BCUT2D eigenvalue weighted by atomic mass is 10.1. The predicted molar refractivity (Wildman–Crippen MR) is 137 cm³/mol. The Hall–Kier alpha value is -3.75. The lowest BCUT2D eigenvalue weighted by Gasteiger charge is -2.15. The van der Waals surface area contributed by atoms with Gasteiger partial charge in [-0.2, -0.15) is 4.72 Å². The average molecular weight is 538 g/mol. The van der Waals surface area contributed by atoms with E-state index in [9.17, 15) is 18.0 Å². The Labute approximate surface area is 213 Å². The minimum absolute atomic E-state index is 0.000387. The molecule has 0 aliphatic rings. The summed E-state index contributed by atoms with van der Waals surface area (Å²) in [7, 11) is -3.95. The number of carbonyl (C=O) groups excluding carboxylic acids is 2. The van der Waals surface area contributed by atoms with Gasteiger partial charge in [-0.05, 0) is 43.9 Å². The van der Waals surface area contributed by atoms with Gasteiger partial charge in [0, 0.05) is 6.54 Å².